The second-order valence-corrected chi connectivity index (χ2v) is 5.59. The molecule has 3 rings (SSSR count). The van der Waals surface area contributed by atoms with Crippen LogP contribution in [-0.2, 0) is 0 Å². The normalized spacial score (nSPS) is 10.5. The van der Waals surface area contributed by atoms with Gasteiger partial charge in [-0.1, -0.05) is 16.8 Å². The molecule has 0 atom stereocenters. The molecule has 122 valence electrons. The molecule has 0 radical (unpaired) electrons. The maximum atomic E-state index is 12.2. The van der Waals surface area contributed by atoms with Gasteiger partial charge in [0, 0.05) is 22.8 Å². The monoisotopic (exact) mass is 343 g/mol. The van der Waals surface area contributed by atoms with Gasteiger partial charge in [0.1, 0.15) is 23.6 Å². The average molecular weight is 344 g/mol. The number of benzene rings is 1. The van der Waals surface area contributed by atoms with Gasteiger partial charge in [-0.15, -0.1) is 0 Å². The van der Waals surface area contributed by atoms with E-state index in [1.165, 1.54) is 6.33 Å². The quantitative estimate of drug-likeness (QED) is 0.749. The Morgan fingerprint density at radius 2 is 1.96 bits per heavy atom. The van der Waals surface area contributed by atoms with E-state index in [9.17, 15) is 4.79 Å². The number of halogens is 1. The summed E-state index contributed by atoms with van der Waals surface area (Å²) in [5, 5.41) is 10.1. The van der Waals surface area contributed by atoms with Crippen molar-refractivity contribution < 1.29 is 9.32 Å². The lowest BCUT2D eigenvalue weighted by Crippen LogP contribution is -2.14. The third-order valence-corrected chi connectivity index (χ3v) is 3.46. The third kappa shape index (κ3) is 3.69. The summed E-state index contributed by atoms with van der Waals surface area (Å²) in [7, 11) is 0. The number of aryl methyl sites for hydroxylation is 2. The van der Waals surface area contributed by atoms with Gasteiger partial charge in [-0.3, -0.25) is 4.79 Å². The molecule has 1 aromatic carbocycles. The Morgan fingerprint density at radius 1 is 1.12 bits per heavy atom. The maximum Gasteiger partial charge on any atom is 0.275 e. The number of carbonyl (C=O) groups is 1. The summed E-state index contributed by atoms with van der Waals surface area (Å²) in [6, 6.07) is 8.63. The van der Waals surface area contributed by atoms with Crippen molar-refractivity contribution in [3.63, 3.8) is 0 Å². The van der Waals surface area contributed by atoms with Gasteiger partial charge in [0.25, 0.3) is 5.91 Å². The number of anilines is 3. The maximum absolute atomic E-state index is 12.2. The molecule has 0 aliphatic heterocycles. The van der Waals surface area contributed by atoms with Crippen molar-refractivity contribution in [2.24, 2.45) is 0 Å². The van der Waals surface area contributed by atoms with E-state index < -0.39 is 5.91 Å². The van der Waals surface area contributed by atoms with Crippen LogP contribution in [0.4, 0.5) is 17.3 Å². The fourth-order valence-electron chi connectivity index (χ4n) is 2.06. The second kappa shape index (κ2) is 6.67. The minimum atomic E-state index is -0.401. The predicted molar refractivity (Wildman–Crippen MR) is 90.7 cm³/mol. The second-order valence-electron chi connectivity index (χ2n) is 5.15. The number of amides is 1. The first-order valence-corrected chi connectivity index (χ1v) is 7.49. The van der Waals surface area contributed by atoms with E-state index in [-0.39, 0.29) is 5.69 Å². The van der Waals surface area contributed by atoms with Gasteiger partial charge in [0.2, 0.25) is 0 Å². The highest BCUT2D eigenvalue weighted by Crippen LogP contribution is 2.22. The molecule has 2 heterocycles. The Labute approximate surface area is 143 Å². The van der Waals surface area contributed by atoms with Crippen LogP contribution in [0.15, 0.2) is 41.2 Å². The number of nitrogens with one attached hydrogen (secondary N) is 2. The van der Waals surface area contributed by atoms with Crippen LogP contribution in [-0.4, -0.2) is 21.0 Å². The zero-order chi connectivity index (χ0) is 17.1. The van der Waals surface area contributed by atoms with Crippen LogP contribution >= 0.6 is 11.6 Å². The standard InChI is InChI=1S/C16H14ClN5O2/c1-9-5-11(17)3-4-12(9)20-14-7-13(18-8-19-14)16(23)21-15-6-10(2)24-22-15/h3-8H,1-2H3,(H,18,19,20)(H,21,22,23). The lowest BCUT2D eigenvalue weighted by molar-refractivity contribution is 0.102. The molecule has 0 aliphatic rings. The largest absolute Gasteiger partial charge is 0.360 e. The van der Waals surface area contributed by atoms with Crippen LogP contribution in [0.3, 0.4) is 0 Å². The molecular weight excluding hydrogens is 330 g/mol. The van der Waals surface area contributed by atoms with Crippen molar-refractivity contribution in [3.8, 4) is 0 Å². The van der Waals surface area contributed by atoms with E-state index in [0.29, 0.717) is 22.4 Å². The molecule has 0 saturated carbocycles. The molecular formula is C16H14ClN5O2. The molecule has 7 nitrogen and oxygen atoms in total. The molecule has 0 unspecified atom stereocenters. The van der Waals surface area contributed by atoms with Crippen LogP contribution in [0.25, 0.3) is 0 Å². The number of hydrogen-bond donors (Lipinski definition) is 2. The number of hydrogen-bond acceptors (Lipinski definition) is 6. The highest BCUT2D eigenvalue weighted by molar-refractivity contribution is 6.30. The predicted octanol–water partition coefficient (Wildman–Crippen LogP) is 3.73. The van der Waals surface area contributed by atoms with Crippen LogP contribution in [0.2, 0.25) is 5.02 Å². The van der Waals surface area contributed by atoms with Gasteiger partial charge >= 0.3 is 0 Å². The highest BCUT2D eigenvalue weighted by Gasteiger charge is 2.12. The van der Waals surface area contributed by atoms with E-state index in [1.54, 1.807) is 25.1 Å². The smallest absolute Gasteiger partial charge is 0.275 e. The summed E-state index contributed by atoms with van der Waals surface area (Å²) in [4.78, 5) is 20.3. The Morgan fingerprint density at radius 3 is 2.67 bits per heavy atom. The molecule has 24 heavy (non-hydrogen) atoms. The third-order valence-electron chi connectivity index (χ3n) is 3.22. The molecule has 2 N–H and O–H groups in total. The summed E-state index contributed by atoms with van der Waals surface area (Å²) in [5.74, 6) is 1.03. The summed E-state index contributed by atoms with van der Waals surface area (Å²) in [6.45, 7) is 3.67. The Kier molecular flexibility index (Phi) is 4.43. The number of carbonyl (C=O) groups excluding carboxylic acids is 1. The van der Waals surface area contributed by atoms with E-state index in [4.69, 9.17) is 16.1 Å². The van der Waals surface area contributed by atoms with E-state index in [0.717, 1.165) is 11.3 Å². The number of rotatable bonds is 4. The SMILES string of the molecule is Cc1cc(NC(=O)c2cc(Nc3ccc(Cl)cc3C)ncn2)no1. The van der Waals surface area contributed by atoms with Crippen LogP contribution in [0.5, 0.6) is 0 Å². The van der Waals surface area contributed by atoms with Crippen LogP contribution < -0.4 is 10.6 Å². The van der Waals surface area contributed by atoms with Crippen molar-refractivity contribution in [2.45, 2.75) is 13.8 Å². The Balaban J connectivity index is 1.77. The van der Waals surface area contributed by atoms with Gasteiger partial charge in [-0.25, -0.2) is 9.97 Å². The summed E-state index contributed by atoms with van der Waals surface area (Å²) in [5.41, 5.74) is 2.02. The summed E-state index contributed by atoms with van der Waals surface area (Å²) >= 11 is 5.95. The minimum Gasteiger partial charge on any atom is -0.360 e. The van der Waals surface area contributed by atoms with Crippen molar-refractivity contribution >= 4 is 34.8 Å². The molecule has 0 bridgehead atoms. The molecule has 1 amide bonds. The first-order chi connectivity index (χ1) is 11.5. The fraction of sp³-hybridized carbons (Fsp3) is 0.125. The first kappa shape index (κ1) is 15.9. The zero-order valence-electron chi connectivity index (χ0n) is 13.0. The van der Waals surface area contributed by atoms with Gasteiger partial charge in [-0.2, -0.15) is 0 Å². The molecule has 2 aromatic heterocycles. The van der Waals surface area contributed by atoms with E-state index in [1.807, 2.05) is 19.1 Å². The first-order valence-electron chi connectivity index (χ1n) is 7.11. The zero-order valence-corrected chi connectivity index (χ0v) is 13.8. The van der Waals surface area contributed by atoms with Crippen molar-refractivity contribution in [2.75, 3.05) is 10.6 Å². The molecule has 3 aromatic rings. The van der Waals surface area contributed by atoms with E-state index >= 15 is 0 Å². The Bertz CT molecular complexity index is 894. The fourth-order valence-corrected chi connectivity index (χ4v) is 2.29. The van der Waals surface area contributed by atoms with Crippen LogP contribution in [0.1, 0.15) is 21.8 Å². The molecule has 0 spiro atoms. The van der Waals surface area contributed by atoms with Gasteiger partial charge in [-0.05, 0) is 37.6 Å². The lowest BCUT2D eigenvalue weighted by Gasteiger charge is -2.09. The van der Waals surface area contributed by atoms with Crippen molar-refractivity contribution in [3.05, 3.63) is 58.7 Å². The molecule has 8 heteroatoms. The lowest BCUT2D eigenvalue weighted by atomic mass is 10.2. The Hall–Kier alpha value is -2.93. The summed E-state index contributed by atoms with van der Waals surface area (Å²) < 4.78 is 4.91. The molecule has 0 aliphatic carbocycles. The minimum absolute atomic E-state index is 0.208. The van der Waals surface area contributed by atoms with Crippen molar-refractivity contribution in [1.82, 2.24) is 15.1 Å². The number of aromatic nitrogens is 3. The van der Waals surface area contributed by atoms with Gasteiger partial charge in [0.05, 0.1) is 0 Å². The summed E-state index contributed by atoms with van der Waals surface area (Å²) in [6.07, 6.45) is 1.32. The van der Waals surface area contributed by atoms with Crippen molar-refractivity contribution in [1.29, 1.82) is 0 Å². The number of nitrogens with zero attached hydrogens (tertiary/aromatic N) is 3. The van der Waals surface area contributed by atoms with Gasteiger partial charge in [0.15, 0.2) is 5.82 Å². The molecule has 0 fully saturated rings. The van der Waals surface area contributed by atoms with Gasteiger partial charge < -0.3 is 15.2 Å². The average Bonchev–Trinajstić information content (AvgIpc) is 2.95. The van der Waals surface area contributed by atoms with E-state index in [2.05, 4.69) is 25.8 Å². The van der Waals surface area contributed by atoms with Crippen LogP contribution in [0, 0.1) is 13.8 Å². The topological polar surface area (TPSA) is 92.9 Å². The molecule has 0 saturated heterocycles. The highest BCUT2D eigenvalue weighted by atomic mass is 35.5.